The molecule has 0 spiro atoms. The summed E-state index contributed by atoms with van der Waals surface area (Å²) < 4.78 is 28.2. The van der Waals surface area contributed by atoms with Crippen molar-refractivity contribution in [2.75, 3.05) is 11.5 Å². The average molecular weight is 342 g/mol. The van der Waals surface area contributed by atoms with Crippen LogP contribution in [0.25, 0.3) is 11.0 Å². The van der Waals surface area contributed by atoms with Gasteiger partial charge in [-0.2, -0.15) is 0 Å². The largest absolute Gasteiger partial charge is 0.451 e. The minimum atomic E-state index is -3.09. The average Bonchev–Trinajstić information content (AvgIpc) is 2.78. The highest BCUT2D eigenvalue weighted by Gasteiger charge is 2.29. The first-order valence-electron chi connectivity index (χ1n) is 6.59. The molecule has 2 aromatic rings. The number of hydrogen-bond acceptors (Lipinski definition) is 5. The van der Waals surface area contributed by atoms with Gasteiger partial charge >= 0.3 is 0 Å². The van der Waals surface area contributed by atoms with Crippen LogP contribution in [-0.4, -0.2) is 31.9 Å². The highest BCUT2D eigenvalue weighted by molar-refractivity contribution is 7.91. The normalized spacial score (nSPS) is 20.1. The number of hydrogen-bond donors (Lipinski definition) is 1. The molecule has 1 atom stereocenters. The molecule has 1 amide bonds. The second kappa shape index (κ2) is 5.40. The number of amides is 1. The van der Waals surface area contributed by atoms with Crippen molar-refractivity contribution in [2.45, 2.75) is 12.5 Å². The summed E-state index contributed by atoms with van der Waals surface area (Å²) in [7, 11) is -3.09. The van der Waals surface area contributed by atoms with E-state index in [4.69, 9.17) is 16.0 Å². The van der Waals surface area contributed by atoms with E-state index in [1.54, 1.807) is 6.07 Å². The Hall–Kier alpha value is -1.86. The van der Waals surface area contributed by atoms with Gasteiger partial charge in [-0.15, -0.1) is 0 Å². The molecule has 8 heteroatoms. The number of carbonyl (C=O) groups excluding carboxylic acids is 1. The molecular weight excluding hydrogens is 330 g/mol. The topological polar surface area (TPSA) is 93.5 Å². The Balaban J connectivity index is 1.89. The highest BCUT2D eigenvalue weighted by Crippen LogP contribution is 2.18. The molecule has 0 bridgehead atoms. The van der Waals surface area contributed by atoms with E-state index in [2.05, 4.69) is 5.32 Å². The molecule has 1 saturated heterocycles. The Kier molecular flexibility index (Phi) is 3.70. The number of fused-ring (bicyclic) bond motifs is 1. The zero-order valence-electron chi connectivity index (χ0n) is 11.3. The maximum absolute atomic E-state index is 12.1. The van der Waals surface area contributed by atoms with Crippen LogP contribution in [-0.2, 0) is 9.84 Å². The molecule has 0 radical (unpaired) electrons. The van der Waals surface area contributed by atoms with Crippen LogP contribution in [0.4, 0.5) is 0 Å². The molecule has 0 saturated carbocycles. The predicted molar refractivity (Wildman–Crippen MR) is 82.0 cm³/mol. The minimum absolute atomic E-state index is 0.0537. The monoisotopic (exact) mass is 341 g/mol. The number of rotatable bonds is 2. The Morgan fingerprint density at radius 3 is 2.77 bits per heavy atom. The van der Waals surface area contributed by atoms with Gasteiger partial charge < -0.3 is 9.73 Å². The van der Waals surface area contributed by atoms with E-state index >= 15 is 0 Å². The van der Waals surface area contributed by atoms with Crippen LogP contribution in [0, 0.1) is 0 Å². The zero-order chi connectivity index (χ0) is 15.9. The number of benzene rings is 1. The van der Waals surface area contributed by atoms with Gasteiger partial charge in [0.2, 0.25) is 0 Å². The second-order valence-corrected chi connectivity index (χ2v) is 7.85. The third-order valence-electron chi connectivity index (χ3n) is 3.48. The summed E-state index contributed by atoms with van der Waals surface area (Å²) >= 11 is 5.82. The summed E-state index contributed by atoms with van der Waals surface area (Å²) in [6.07, 6.45) is 0.363. The summed E-state index contributed by atoms with van der Waals surface area (Å²) in [6, 6.07) is 5.16. The molecule has 6 nitrogen and oxygen atoms in total. The minimum Gasteiger partial charge on any atom is -0.451 e. The van der Waals surface area contributed by atoms with Gasteiger partial charge in [0, 0.05) is 17.1 Å². The van der Waals surface area contributed by atoms with E-state index in [1.165, 1.54) is 12.1 Å². The maximum atomic E-state index is 12.1. The van der Waals surface area contributed by atoms with Gasteiger partial charge in [0.1, 0.15) is 5.58 Å². The molecule has 1 fully saturated rings. The Morgan fingerprint density at radius 2 is 2.09 bits per heavy atom. The van der Waals surface area contributed by atoms with Gasteiger partial charge in [0.15, 0.2) is 21.0 Å². The van der Waals surface area contributed by atoms with Gasteiger partial charge in [-0.05, 0) is 24.6 Å². The van der Waals surface area contributed by atoms with E-state index in [1.807, 2.05) is 0 Å². The molecule has 1 aliphatic rings. The lowest BCUT2D eigenvalue weighted by Crippen LogP contribution is -2.35. The molecule has 1 aliphatic heterocycles. The first-order chi connectivity index (χ1) is 10.3. The summed E-state index contributed by atoms with van der Waals surface area (Å²) in [5.74, 6) is -0.787. The van der Waals surface area contributed by atoms with E-state index in [0.717, 1.165) is 6.07 Å². The lowest BCUT2D eigenvalue weighted by Gasteiger charge is -2.10. The van der Waals surface area contributed by atoms with E-state index in [-0.39, 0.29) is 33.7 Å². The Morgan fingerprint density at radius 1 is 1.32 bits per heavy atom. The van der Waals surface area contributed by atoms with Crippen molar-refractivity contribution >= 4 is 38.3 Å². The lowest BCUT2D eigenvalue weighted by atomic mass is 10.2. The number of halogens is 1. The van der Waals surface area contributed by atoms with Gasteiger partial charge in [-0.1, -0.05) is 11.6 Å². The van der Waals surface area contributed by atoms with Gasteiger partial charge in [-0.3, -0.25) is 9.59 Å². The van der Waals surface area contributed by atoms with Crippen LogP contribution in [0.3, 0.4) is 0 Å². The van der Waals surface area contributed by atoms with Crippen LogP contribution in [0.15, 0.2) is 33.5 Å². The third-order valence-corrected chi connectivity index (χ3v) is 5.48. The first kappa shape index (κ1) is 15.1. The molecule has 116 valence electrons. The standard InChI is InChI=1S/C14H12ClNO5S/c15-8-1-2-12-10(5-8)11(17)6-13(21-12)14(18)16-9-3-4-22(19,20)7-9/h1-2,5-6,9H,3-4,7H2,(H,16,18)/t9-/m1/s1. The first-order valence-corrected chi connectivity index (χ1v) is 8.79. The number of nitrogens with one attached hydrogen (secondary N) is 1. The van der Waals surface area contributed by atoms with E-state index in [0.29, 0.717) is 11.4 Å². The lowest BCUT2D eigenvalue weighted by molar-refractivity contribution is 0.0913. The third kappa shape index (κ3) is 3.00. The van der Waals surface area contributed by atoms with Crippen LogP contribution in [0.5, 0.6) is 0 Å². The van der Waals surface area contributed by atoms with Crippen molar-refractivity contribution in [1.29, 1.82) is 0 Å². The summed E-state index contributed by atoms with van der Waals surface area (Å²) in [5.41, 5.74) is -0.131. The SMILES string of the molecule is O=C(N[C@@H]1CCS(=O)(=O)C1)c1cc(=O)c2cc(Cl)ccc2o1. The van der Waals surface area contributed by atoms with Gasteiger partial charge in [0.25, 0.3) is 5.91 Å². The molecular formula is C14H12ClNO5S. The van der Waals surface area contributed by atoms with Crippen LogP contribution in [0.2, 0.25) is 5.02 Å². The molecule has 0 aliphatic carbocycles. The van der Waals surface area contributed by atoms with Gasteiger partial charge in [0.05, 0.1) is 16.9 Å². The highest BCUT2D eigenvalue weighted by atomic mass is 35.5. The molecule has 1 aromatic heterocycles. The van der Waals surface area contributed by atoms with Crippen molar-refractivity contribution < 1.29 is 17.6 Å². The van der Waals surface area contributed by atoms with Crippen molar-refractivity contribution in [3.63, 3.8) is 0 Å². The van der Waals surface area contributed by atoms with Crippen molar-refractivity contribution in [2.24, 2.45) is 0 Å². The van der Waals surface area contributed by atoms with Crippen LogP contribution in [0.1, 0.15) is 17.0 Å². The van der Waals surface area contributed by atoms with Crippen molar-refractivity contribution in [3.8, 4) is 0 Å². The predicted octanol–water partition coefficient (Wildman–Crippen LogP) is 1.36. The van der Waals surface area contributed by atoms with Crippen molar-refractivity contribution in [3.05, 3.63) is 45.3 Å². The summed E-state index contributed by atoms with van der Waals surface area (Å²) in [5, 5.41) is 3.26. The van der Waals surface area contributed by atoms with Crippen LogP contribution < -0.4 is 10.7 Å². The maximum Gasteiger partial charge on any atom is 0.287 e. The number of carbonyl (C=O) groups is 1. The zero-order valence-corrected chi connectivity index (χ0v) is 12.9. The molecule has 3 rings (SSSR count). The molecule has 1 aromatic carbocycles. The van der Waals surface area contributed by atoms with Crippen LogP contribution >= 0.6 is 11.6 Å². The molecule has 22 heavy (non-hydrogen) atoms. The van der Waals surface area contributed by atoms with E-state index < -0.39 is 21.8 Å². The fraction of sp³-hybridized carbons (Fsp3) is 0.286. The van der Waals surface area contributed by atoms with E-state index in [9.17, 15) is 18.0 Å². The summed E-state index contributed by atoms with van der Waals surface area (Å²) in [4.78, 5) is 24.1. The van der Waals surface area contributed by atoms with Crippen molar-refractivity contribution in [1.82, 2.24) is 5.32 Å². The summed E-state index contributed by atoms with van der Waals surface area (Å²) in [6.45, 7) is 0. The fourth-order valence-corrected chi connectivity index (χ4v) is 4.25. The molecule has 1 N–H and O–H groups in total. The number of sulfone groups is 1. The quantitative estimate of drug-likeness (QED) is 0.890. The fourth-order valence-electron chi connectivity index (χ4n) is 2.41. The molecule has 0 unspecified atom stereocenters. The Bertz CT molecular complexity index is 918. The molecule has 2 heterocycles. The second-order valence-electron chi connectivity index (χ2n) is 5.19. The smallest absolute Gasteiger partial charge is 0.287 e. The Labute approximate surface area is 131 Å². The van der Waals surface area contributed by atoms with Gasteiger partial charge in [-0.25, -0.2) is 8.42 Å².